The fourth-order valence-corrected chi connectivity index (χ4v) is 3.48. The van der Waals surface area contributed by atoms with Crippen LogP contribution >= 0.6 is 0 Å². The second-order valence-corrected chi connectivity index (χ2v) is 6.85. The molecule has 0 unspecified atom stereocenters. The Morgan fingerprint density at radius 1 is 0.897 bits per heavy atom. The van der Waals surface area contributed by atoms with E-state index in [1.807, 2.05) is 24.3 Å². The van der Waals surface area contributed by atoms with Gasteiger partial charge in [-0.25, -0.2) is 8.78 Å². The number of amides is 2. The molecule has 0 aromatic heterocycles. The number of hydrogen-bond donors (Lipinski definition) is 1. The van der Waals surface area contributed by atoms with Crippen LogP contribution in [0.1, 0.15) is 32.7 Å². The third kappa shape index (κ3) is 3.87. The number of nitrogens with one attached hydrogen (secondary N) is 1. The van der Waals surface area contributed by atoms with Crippen molar-refractivity contribution >= 4 is 23.2 Å². The van der Waals surface area contributed by atoms with Crippen molar-refractivity contribution in [2.24, 2.45) is 0 Å². The van der Waals surface area contributed by atoms with E-state index in [4.69, 9.17) is 0 Å². The summed E-state index contributed by atoms with van der Waals surface area (Å²) < 4.78 is 26.8. The molecule has 4 rings (SSSR count). The highest BCUT2D eigenvalue weighted by molar-refractivity contribution is 6.10. The van der Waals surface area contributed by atoms with Gasteiger partial charge in [-0.15, -0.1) is 0 Å². The number of hydrogen-bond acceptors (Lipinski definition) is 2. The van der Waals surface area contributed by atoms with Gasteiger partial charge in [0.05, 0.1) is 5.69 Å². The Kier molecular flexibility index (Phi) is 5.08. The zero-order valence-electron chi connectivity index (χ0n) is 15.5. The van der Waals surface area contributed by atoms with Crippen LogP contribution in [0.25, 0.3) is 0 Å². The summed E-state index contributed by atoms with van der Waals surface area (Å²) in [5, 5.41) is 2.41. The molecular weight excluding hydrogens is 374 g/mol. The first-order valence-corrected chi connectivity index (χ1v) is 9.29. The predicted molar refractivity (Wildman–Crippen MR) is 107 cm³/mol. The van der Waals surface area contributed by atoms with Gasteiger partial charge in [-0.2, -0.15) is 0 Å². The van der Waals surface area contributed by atoms with Gasteiger partial charge < -0.3 is 10.2 Å². The van der Waals surface area contributed by atoms with Crippen LogP contribution in [0.3, 0.4) is 0 Å². The molecule has 0 atom stereocenters. The predicted octanol–water partition coefficient (Wildman–Crippen LogP) is 4.81. The first-order valence-electron chi connectivity index (χ1n) is 9.29. The molecule has 29 heavy (non-hydrogen) atoms. The summed E-state index contributed by atoms with van der Waals surface area (Å²) in [4.78, 5) is 27.3. The SMILES string of the molecule is O=C(Nc1ccc(F)cc1F)c1cccc(C(=O)N2CCCc3ccccc32)c1. The van der Waals surface area contributed by atoms with Gasteiger partial charge in [-0.3, -0.25) is 9.59 Å². The van der Waals surface area contributed by atoms with Crippen LogP contribution in [0.2, 0.25) is 0 Å². The lowest BCUT2D eigenvalue weighted by Gasteiger charge is -2.29. The topological polar surface area (TPSA) is 49.4 Å². The zero-order chi connectivity index (χ0) is 20.4. The third-order valence-corrected chi connectivity index (χ3v) is 4.91. The minimum Gasteiger partial charge on any atom is -0.319 e. The molecule has 4 nitrogen and oxygen atoms in total. The van der Waals surface area contributed by atoms with Crippen LogP contribution in [0.15, 0.2) is 66.7 Å². The zero-order valence-corrected chi connectivity index (χ0v) is 15.5. The first-order chi connectivity index (χ1) is 14.0. The standard InChI is InChI=1S/C23H18F2N2O2/c24-18-10-11-20(19(25)14-18)26-22(28)16-6-3-7-17(13-16)23(29)27-12-4-8-15-5-1-2-9-21(15)27/h1-3,5-7,9-11,13-14H,4,8,12H2,(H,26,28). The number of anilines is 2. The van der Waals surface area contributed by atoms with Gasteiger partial charge in [0.25, 0.3) is 11.8 Å². The van der Waals surface area contributed by atoms with Gasteiger partial charge in [-0.1, -0.05) is 24.3 Å². The van der Waals surface area contributed by atoms with Crippen molar-refractivity contribution in [1.29, 1.82) is 0 Å². The van der Waals surface area contributed by atoms with Crippen molar-refractivity contribution in [3.63, 3.8) is 0 Å². The van der Waals surface area contributed by atoms with E-state index in [0.29, 0.717) is 18.2 Å². The number of fused-ring (bicyclic) bond motifs is 1. The summed E-state index contributed by atoms with van der Waals surface area (Å²) in [6.07, 6.45) is 1.79. The van der Waals surface area contributed by atoms with Crippen molar-refractivity contribution in [3.8, 4) is 0 Å². The normalized spacial score (nSPS) is 13.0. The van der Waals surface area contributed by atoms with Crippen LogP contribution in [0.4, 0.5) is 20.2 Å². The number of aryl methyl sites for hydroxylation is 1. The molecule has 6 heteroatoms. The van der Waals surface area contributed by atoms with Crippen LogP contribution in [-0.2, 0) is 6.42 Å². The van der Waals surface area contributed by atoms with Crippen molar-refractivity contribution in [2.75, 3.05) is 16.8 Å². The van der Waals surface area contributed by atoms with E-state index in [2.05, 4.69) is 5.32 Å². The highest BCUT2D eigenvalue weighted by Crippen LogP contribution is 2.28. The minimum atomic E-state index is -0.865. The second kappa shape index (κ2) is 7.83. The minimum absolute atomic E-state index is 0.127. The van der Waals surface area contributed by atoms with Crippen LogP contribution in [-0.4, -0.2) is 18.4 Å². The second-order valence-electron chi connectivity index (χ2n) is 6.85. The molecule has 146 valence electrons. The first kappa shape index (κ1) is 18.8. The van der Waals surface area contributed by atoms with E-state index in [1.54, 1.807) is 17.0 Å². The number of carbonyl (C=O) groups excluding carboxylic acids is 2. The van der Waals surface area contributed by atoms with E-state index >= 15 is 0 Å². The summed E-state index contributed by atoms with van der Waals surface area (Å²) in [6.45, 7) is 0.604. The molecule has 1 N–H and O–H groups in total. The molecule has 0 fully saturated rings. The summed E-state index contributed by atoms with van der Waals surface area (Å²) in [7, 11) is 0. The van der Waals surface area contributed by atoms with Gasteiger partial charge in [0.1, 0.15) is 11.6 Å². The molecule has 1 aliphatic heterocycles. The molecule has 3 aromatic rings. The van der Waals surface area contributed by atoms with Crippen LogP contribution in [0, 0.1) is 11.6 Å². The Labute approximate surface area is 166 Å². The Morgan fingerprint density at radius 3 is 2.52 bits per heavy atom. The van der Waals surface area contributed by atoms with Gasteiger partial charge in [0.15, 0.2) is 0 Å². The average molecular weight is 392 g/mol. The molecule has 2 amide bonds. The van der Waals surface area contributed by atoms with Gasteiger partial charge in [0, 0.05) is 29.4 Å². The monoisotopic (exact) mass is 392 g/mol. The van der Waals surface area contributed by atoms with Gasteiger partial charge in [0.2, 0.25) is 0 Å². The lowest BCUT2D eigenvalue weighted by molar-refractivity contribution is 0.0985. The smallest absolute Gasteiger partial charge is 0.258 e. The molecule has 0 saturated carbocycles. The molecule has 0 spiro atoms. The summed E-state index contributed by atoms with van der Waals surface area (Å²) in [5.74, 6) is -2.37. The van der Waals surface area contributed by atoms with Crippen molar-refractivity contribution in [1.82, 2.24) is 0 Å². The summed E-state index contributed by atoms with van der Waals surface area (Å²) in [5.41, 5.74) is 2.46. The Morgan fingerprint density at radius 2 is 1.69 bits per heavy atom. The quantitative estimate of drug-likeness (QED) is 0.695. The van der Waals surface area contributed by atoms with Crippen molar-refractivity contribution < 1.29 is 18.4 Å². The van der Waals surface area contributed by atoms with E-state index in [-0.39, 0.29) is 17.2 Å². The number of para-hydroxylation sites is 1. The third-order valence-electron chi connectivity index (χ3n) is 4.91. The van der Waals surface area contributed by atoms with Crippen LogP contribution < -0.4 is 10.2 Å². The molecule has 0 bridgehead atoms. The van der Waals surface area contributed by atoms with E-state index in [0.717, 1.165) is 36.2 Å². The Hall–Kier alpha value is -3.54. The average Bonchev–Trinajstić information content (AvgIpc) is 2.75. The fraction of sp³-hybridized carbons (Fsp3) is 0.130. The maximum Gasteiger partial charge on any atom is 0.258 e. The van der Waals surface area contributed by atoms with Crippen molar-refractivity contribution in [3.05, 3.63) is 95.1 Å². The number of benzene rings is 3. The largest absolute Gasteiger partial charge is 0.319 e. The maximum absolute atomic E-state index is 13.8. The molecule has 0 saturated heterocycles. The number of halogens is 2. The molecule has 1 heterocycles. The number of rotatable bonds is 3. The summed E-state index contributed by atoms with van der Waals surface area (Å²) in [6, 6.07) is 17.0. The summed E-state index contributed by atoms with van der Waals surface area (Å²) >= 11 is 0. The van der Waals surface area contributed by atoms with Gasteiger partial charge >= 0.3 is 0 Å². The lowest BCUT2D eigenvalue weighted by Crippen LogP contribution is -2.35. The highest BCUT2D eigenvalue weighted by Gasteiger charge is 2.24. The van der Waals surface area contributed by atoms with Crippen molar-refractivity contribution in [2.45, 2.75) is 12.8 Å². The Balaban J connectivity index is 1.57. The number of nitrogens with zero attached hydrogens (tertiary/aromatic N) is 1. The van der Waals surface area contributed by atoms with E-state index in [9.17, 15) is 18.4 Å². The number of carbonyl (C=O) groups is 2. The highest BCUT2D eigenvalue weighted by atomic mass is 19.1. The fourth-order valence-electron chi connectivity index (χ4n) is 3.48. The molecular formula is C23H18F2N2O2. The van der Waals surface area contributed by atoms with Gasteiger partial charge in [-0.05, 0) is 54.8 Å². The van der Waals surface area contributed by atoms with E-state index in [1.165, 1.54) is 12.1 Å². The van der Waals surface area contributed by atoms with E-state index < -0.39 is 17.5 Å². The molecule has 1 aliphatic rings. The Bertz CT molecular complexity index is 1100. The maximum atomic E-state index is 13.8. The van der Waals surface area contributed by atoms with Crippen LogP contribution in [0.5, 0.6) is 0 Å². The lowest BCUT2D eigenvalue weighted by atomic mass is 10.0. The molecule has 0 radical (unpaired) electrons. The molecule has 0 aliphatic carbocycles. The molecule has 3 aromatic carbocycles.